The van der Waals surface area contributed by atoms with Crippen molar-refractivity contribution in [1.82, 2.24) is 16.8 Å². The first-order valence-corrected chi connectivity index (χ1v) is 2.09. The number of rotatable bonds is 0. The first kappa shape index (κ1) is 6.46. The van der Waals surface area contributed by atoms with Gasteiger partial charge in [-0.2, -0.15) is 0 Å². The zero-order valence-electron chi connectivity index (χ0n) is 4.28. The van der Waals surface area contributed by atoms with Crippen LogP contribution < -0.4 is 16.8 Å². The SMILES string of the molecule is C1=CNCNC1.N. The molecule has 0 spiro atoms. The molecule has 3 heteroatoms. The van der Waals surface area contributed by atoms with Crippen LogP contribution in [0.15, 0.2) is 12.3 Å². The van der Waals surface area contributed by atoms with Gasteiger partial charge in [0.05, 0.1) is 6.67 Å². The summed E-state index contributed by atoms with van der Waals surface area (Å²) in [6, 6.07) is 0. The molecule has 7 heavy (non-hydrogen) atoms. The van der Waals surface area contributed by atoms with Gasteiger partial charge >= 0.3 is 0 Å². The first-order chi connectivity index (χ1) is 3.00. The highest BCUT2D eigenvalue weighted by Gasteiger charge is 1.81. The van der Waals surface area contributed by atoms with Crippen molar-refractivity contribution in [1.29, 1.82) is 0 Å². The van der Waals surface area contributed by atoms with Gasteiger partial charge in [-0.25, -0.2) is 0 Å². The van der Waals surface area contributed by atoms with Gasteiger partial charge in [0, 0.05) is 6.54 Å². The largest absolute Gasteiger partial charge is 0.379 e. The lowest BCUT2D eigenvalue weighted by atomic mass is 10.5. The maximum absolute atomic E-state index is 3.09. The maximum Gasteiger partial charge on any atom is 0.0650 e. The Morgan fingerprint density at radius 3 is 2.43 bits per heavy atom. The van der Waals surface area contributed by atoms with Gasteiger partial charge in [-0.05, 0) is 6.20 Å². The van der Waals surface area contributed by atoms with E-state index in [0.29, 0.717) is 0 Å². The van der Waals surface area contributed by atoms with Gasteiger partial charge in [-0.3, -0.25) is 5.32 Å². The second kappa shape index (κ2) is 3.64. The molecule has 1 aliphatic rings. The van der Waals surface area contributed by atoms with Crippen LogP contribution in [0.25, 0.3) is 0 Å². The van der Waals surface area contributed by atoms with Gasteiger partial charge in [0.2, 0.25) is 0 Å². The predicted molar refractivity (Wildman–Crippen MR) is 30.2 cm³/mol. The Bertz CT molecular complexity index is 52.0. The fraction of sp³-hybridized carbons (Fsp3) is 0.500. The first-order valence-electron chi connectivity index (χ1n) is 2.09. The van der Waals surface area contributed by atoms with Crippen LogP contribution in [0.1, 0.15) is 0 Å². The molecule has 1 heterocycles. The Hall–Kier alpha value is -0.540. The van der Waals surface area contributed by atoms with Crippen molar-refractivity contribution in [2.24, 2.45) is 0 Å². The quantitative estimate of drug-likeness (QED) is 0.396. The van der Waals surface area contributed by atoms with Crippen molar-refractivity contribution in [3.8, 4) is 0 Å². The van der Waals surface area contributed by atoms with E-state index in [0.717, 1.165) is 13.2 Å². The molecular formula is C4H11N3. The van der Waals surface area contributed by atoms with Crippen LogP contribution >= 0.6 is 0 Å². The molecule has 5 N–H and O–H groups in total. The normalized spacial score (nSPS) is 17.1. The summed E-state index contributed by atoms with van der Waals surface area (Å²) in [5.41, 5.74) is 0. The third-order valence-electron chi connectivity index (χ3n) is 0.725. The van der Waals surface area contributed by atoms with Crippen molar-refractivity contribution < 1.29 is 0 Å². The Labute approximate surface area is 43.4 Å². The number of nitrogens with one attached hydrogen (secondary N) is 2. The number of hydrogen-bond acceptors (Lipinski definition) is 3. The average Bonchev–Trinajstić information content (AvgIpc) is 1.72. The zero-order valence-corrected chi connectivity index (χ0v) is 4.28. The fourth-order valence-electron chi connectivity index (χ4n) is 0.429. The summed E-state index contributed by atoms with van der Waals surface area (Å²) in [4.78, 5) is 0. The van der Waals surface area contributed by atoms with E-state index in [4.69, 9.17) is 0 Å². The van der Waals surface area contributed by atoms with Crippen LogP contribution in [0, 0.1) is 0 Å². The van der Waals surface area contributed by atoms with E-state index in [1.54, 1.807) is 0 Å². The summed E-state index contributed by atoms with van der Waals surface area (Å²) in [6.45, 7) is 1.92. The highest BCUT2D eigenvalue weighted by Crippen LogP contribution is 1.68. The number of hydrogen-bond donors (Lipinski definition) is 3. The molecule has 1 rings (SSSR count). The van der Waals surface area contributed by atoms with Gasteiger partial charge in [0.1, 0.15) is 0 Å². The van der Waals surface area contributed by atoms with Crippen molar-refractivity contribution in [2.75, 3.05) is 13.2 Å². The summed E-state index contributed by atoms with van der Waals surface area (Å²) < 4.78 is 0. The smallest absolute Gasteiger partial charge is 0.0650 e. The lowest BCUT2D eigenvalue weighted by Crippen LogP contribution is -2.29. The van der Waals surface area contributed by atoms with Crippen molar-refractivity contribution in [3.63, 3.8) is 0 Å². The average molecular weight is 101 g/mol. The molecule has 0 fully saturated rings. The molecule has 0 aliphatic carbocycles. The molecule has 0 bridgehead atoms. The molecule has 0 atom stereocenters. The summed E-state index contributed by atoms with van der Waals surface area (Å²) in [6.07, 6.45) is 4.00. The van der Waals surface area contributed by atoms with Gasteiger partial charge in [-0.1, -0.05) is 6.08 Å². The van der Waals surface area contributed by atoms with Crippen molar-refractivity contribution >= 4 is 0 Å². The molecule has 0 amide bonds. The van der Waals surface area contributed by atoms with Crippen molar-refractivity contribution in [3.05, 3.63) is 12.3 Å². The Balaban J connectivity index is 0.000000360. The van der Waals surface area contributed by atoms with E-state index >= 15 is 0 Å². The second-order valence-electron chi connectivity index (χ2n) is 1.24. The van der Waals surface area contributed by atoms with Crippen LogP contribution in [0.2, 0.25) is 0 Å². The maximum atomic E-state index is 3.09. The van der Waals surface area contributed by atoms with Gasteiger partial charge in [0.25, 0.3) is 0 Å². The van der Waals surface area contributed by atoms with Crippen LogP contribution in [0.3, 0.4) is 0 Å². The van der Waals surface area contributed by atoms with Crippen molar-refractivity contribution in [2.45, 2.75) is 0 Å². The van der Waals surface area contributed by atoms with Gasteiger partial charge in [0.15, 0.2) is 0 Å². The molecular weight excluding hydrogens is 90.1 g/mol. The highest BCUT2D eigenvalue weighted by molar-refractivity contribution is 4.84. The minimum atomic E-state index is 0. The zero-order chi connectivity index (χ0) is 4.24. The molecule has 0 aromatic carbocycles. The Morgan fingerprint density at radius 2 is 2.29 bits per heavy atom. The van der Waals surface area contributed by atoms with E-state index in [2.05, 4.69) is 10.6 Å². The predicted octanol–water partition coefficient (Wildman–Crippen LogP) is -0.188. The molecule has 0 saturated heterocycles. The molecule has 0 aromatic rings. The van der Waals surface area contributed by atoms with Crippen LogP contribution in [0.5, 0.6) is 0 Å². The fourth-order valence-corrected chi connectivity index (χ4v) is 0.429. The molecule has 1 aliphatic heterocycles. The molecule has 0 radical (unpaired) electrons. The Morgan fingerprint density at radius 1 is 1.43 bits per heavy atom. The van der Waals surface area contributed by atoms with E-state index in [1.807, 2.05) is 12.3 Å². The molecule has 42 valence electrons. The summed E-state index contributed by atoms with van der Waals surface area (Å²) in [5, 5.41) is 6.08. The standard InChI is InChI=1S/C4H8N2.H3N/c1-2-5-4-6-3-1;/h1-2,5-6H,3-4H2;1H3. The highest BCUT2D eigenvalue weighted by atomic mass is 15.1. The van der Waals surface area contributed by atoms with E-state index < -0.39 is 0 Å². The molecule has 3 nitrogen and oxygen atoms in total. The van der Waals surface area contributed by atoms with E-state index in [1.165, 1.54) is 0 Å². The Kier molecular flexibility index (Phi) is 3.36. The molecule has 0 aromatic heterocycles. The van der Waals surface area contributed by atoms with Crippen LogP contribution in [-0.2, 0) is 0 Å². The monoisotopic (exact) mass is 101 g/mol. The summed E-state index contributed by atoms with van der Waals surface area (Å²) in [5.74, 6) is 0. The summed E-state index contributed by atoms with van der Waals surface area (Å²) >= 11 is 0. The lowest BCUT2D eigenvalue weighted by molar-refractivity contribution is 0.669. The molecule has 0 saturated carbocycles. The summed E-state index contributed by atoms with van der Waals surface area (Å²) in [7, 11) is 0. The second-order valence-corrected chi connectivity index (χ2v) is 1.24. The minimum Gasteiger partial charge on any atom is -0.379 e. The topological polar surface area (TPSA) is 59.1 Å². The van der Waals surface area contributed by atoms with Gasteiger partial charge in [-0.15, -0.1) is 0 Å². The van der Waals surface area contributed by atoms with Gasteiger partial charge < -0.3 is 11.5 Å². The minimum absolute atomic E-state index is 0. The third kappa shape index (κ3) is 2.19. The molecule has 0 unspecified atom stereocenters. The van der Waals surface area contributed by atoms with E-state index in [-0.39, 0.29) is 6.15 Å². The van der Waals surface area contributed by atoms with E-state index in [9.17, 15) is 0 Å². The lowest BCUT2D eigenvalue weighted by Gasteiger charge is -2.05. The third-order valence-corrected chi connectivity index (χ3v) is 0.725. The van der Waals surface area contributed by atoms with Crippen LogP contribution in [0.4, 0.5) is 0 Å². The van der Waals surface area contributed by atoms with Crippen LogP contribution in [-0.4, -0.2) is 13.2 Å².